The lowest BCUT2D eigenvalue weighted by molar-refractivity contribution is 0.804. The van der Waals surface area contributed by atoms with Crippen molar-refractivity contribution < 1.29 is 0 Å². The van der Waals surface area contributed by atoms with Crippen molar-refractivity contribution in [1.82, 2.24) is 76.4 Å². The predicted octanol–water partition coefficient (Wildman–Crippen LogP) is 10.7. The molecule has 0 unspecified atom stereocenters. The molecule has 9 rings (SSSR count). The maximum absolute atomic E-state index is 6.44. The van der Waals surface area contributed by atoms with Crippen molar-refractivity contribution in [3.63, 3.8) is 0 Å². The van der Waals surface area contributed by atoms with Crippen LogP contribution >= 0.6 is 30.0 Å². The van der Waals surface area contributed by atoms with Gasteiger partial charge >= 0.3 is 30.0 Å². The van der Waals surface area contributed by atoms with Gasteiger partial charge in [-0.2, -0.15) is 94.5 Å². The summed E-state index contributed by atoms with van der Waals surface area (Å²) in [5.41, 5.74) is 12.9. The van der Waals surface area contributed by atoms with Crippen LogP contribution in [0.1, 0.15) is 91.1 Å². The standard InChI is InChI=1S/C40H56N20P4/c1-25-17-33(9)53(41-25)61(54-34(10)18-26(2)42-54)49-62(55-35(11)19-27(3)43-55,56-36(12)20-28(4)44-56)51-64(59-39(15)23-31(7)47-59,60-40(16)24-32(8)48-60)52-63(50-61,57-37(13)21-29(5)45-57)58-38(14)22-30(6)46-58/h17-24H,1-16H3. The zero-order valence-electron chi connectivity index (χ0n) is 39.4. The molecule has 20 nitrogen and oxygen atoms in total. The van der Waals surface area contributed by atoms with Crippen LogP contribution in [-0.2, 0) is 0 Å². The minimum atomic E-state index is -3.91. The van der Waals surface area contributed by atoms with Crippen LogP contribution in [0.4, 0.5) is 0 Å². The van der Waals surface area contributed by atoms with E-state index >= 15 is 0 Å². The van der Waals surface area contributed by atoms with Crippen LogP contribution in [-0.4, -0.2) is 76.4 Å². The molecule has 0 atom stereocenters. The molecule has 64 heavy (non-hydrogen) atoms. The van der Waals surface area contributed by atoms with E-state index in [4.69, 9.17) is 58.9 Å². The summed E-state index contributed by atoms with van der Waals surface area (Å²) in [7, 11) is -15.6. The van der Waals surface area contributed by atoms with Crippen molar-refractivity contribution in [2.45, 2.75) is 111 Å². The first-order valence-corrected chi connectivity index (χ1v) is 27.4. The molecule has 0 aliphatic carbocycles. The van der Waals surface area contributed by atoms with E-state index in [1.807, 2.05) is 195 Å². The van der Waals surface area contributed by atoms with Crippen molar-refractivity contribution in [3.8, 4) is 0 Å². The molecule has 0 N–H and O–H groups in total. The van der Waals surface area contributed by atoms with E-state index < -0.39 is 30.0 Å². The van der Waals surface area contributed by atoms with Gasteiger partial charge in [0.15, 0.2) is 0 Å². The van der Waals surface area contributed by atoms with E-state index in [1.165, 1.54) is 0 Å². The third-order valence-electron chi connectivity index (χ3n) is 10.9. The van der Waals surface area contributed by atoms with Crippen molar-refractivity contribution in [3.05, 3.63) is 140 Å². The van der Waals surface area contributed by atoms with Gasteiger partial charge in [0.05, 0.1) is 45.6 Å². The van der Waals surface area contributed by atoms with Gasteiger partial charge < -0.3 is 0 Å². The lowest BCUT2D eigenvalue weighted by Crippen LogP contribution is -2.21. The van der Waals surface area contributed by atoms with E-state index in [9.17, 15) is 0 Å². The van der Waals surface area contributed by atoms with Gasteiger partial charge in [-0.15, -0.1) is 0 Å². The zero-order chi connectivity index (χ0) is 46.0. The number of nitrogens with zero attached hydrogens (tertiary/aromatic N) is 20. The molecule has 8 aromatic heterocycles. The third kappa shape index (κ3) is 6.62. The van der Waals surface area contributed by atoms with Crippen molar-refractivity contribution in [2.75, 3.05) is 0 Å². The lowest BCUT2D eigenvalue weighted by atomic mass is 10.4. The molecule has 1 aliphatic heterocycles. The molecule has 24 heteroatoms. The summed E-state index contributed by atoms with van der Waals surface area (Å²) in [4.78, 5) is 0. The van der Waals surface area contributed by atoms with Crippen LogP contribution in [0, 0.1) is 111 Å². The minimum Gasteiger partial charge on any atom is -0.196 e. The summed E-state index contributed by atoms with van der Waals surface area (Å²) in [6.45, 7) is 32.2. The second-order valence-electron chi connectivity index (χ2n) is 17.0. The molecule has 0 aromatic carbocycles. The highest BCUT2D eigenvalue weighted by molar-refractivity contribution is 7.84. The average molecular weight is 941 g/mol. The molecule has 0 spiro atoms. The van der Waals surface area contributed by atoms with Crippen LogP contribution < -0.4 is 0 Å². The predicted molar refractivity (Wildman–Crippen MR) is 254 cm³/mol. The van der Waals surface area contributed by atoms with Gasteiger partial charge in [0, 0.05) is 45.6 Å². The summed E-state index contributed by atoms with van der Waals surface area (Å²) in [5, 5.41) is 42.7. The van der Waals surface area contributed by atoms with Gasteiger partial charge in [0.2, 0.25) is 0 Å². The summed E-state index contributed by atoms with van der Waals surface area (Å²) in [6.07, 6.45) is 0. The Balaban J connectivity index is 1.77. The normalized spacial score (nSPS) is 16.5. The SMILES string of the molecule is Cc1cc(C)n(P2(n3nc(C)cc3C)=NP(n3nc(C)cc3C)(n3nc(C)cc3C)=NP(n3nc(C)cc3C)(n3nc(C)cc3C)=NP(n3nc(C)cc3C)(n3nc(C)cc3C)=N2)n1. The Labute approximate surface area is 373 Å². The van der Waals surface area contributed by atoms with Crippen molar-refractivity contribution in [2.24, 2.45) is 18.1 Å². The first-order valence-electron chi connectivity index (χ1n) is 21.0. The highest BCUT2D eigenvalue weighted by Crippen LogP contribution is 2.81. The average Bonchev–Trinajstić information content (AvgIpc) is 4.08. The van der Waals surface area contributed by atoms with Gasteiger partial charge in [-0.3, -0.25) is 0 Å². The second kappa shape index (κ2) is 15.1. The van der Waals surface area contributed by atoms with E-state index in [-0.39, 0.29) is 0 Å². The Kier molecular flexibility index (Phi) is 10.3. The van der Waals surface area contributed by atoms with Crippen LogP contribution in [0.3, 0.4) is 0 Å². The van der Waals surface area contributed by atoms with E-state index in [2.05, 4.69) is 0 Å². The lowest BCUT2D eigenvalue weighted by Gasteiger charge is -2.37. The number of hydrogen-bond acceptors (Lipinski definition) is 12. The van der Waals surface area contributed by atoms with Gasteiger partial charge in [0.1, 0.15) is 0 Å². The molecule has 336 valence electrons. The van der Waals surface area contributed by atoms with Crippen molar-refractivity contribution >= 4 is 30.0 Å². The first kappa shape index (κ1) is 43.8. The Morgan fingerprint density at radius 1 is 0.219 bits per heavy atom. The fourth-order valence-electron chi connectivity index (χ4n) is 8.75. The molecule has 9 heterocycles. The van der Waals surface area contributed by atoms with Crippen molar-refractivity contribution in [1.29, 1.82) is 0 Å². The smallest absolute Gasteiger partial charge is 0.196 e. The zero-order valence-corrected chi connectivity index (χ0v) is 42.9. The maximum atomic E-state index is 6.44. The third-order valence-corrected chi connectivity index (χ3v) is 25.9. The van der Waals surface area contributed by atoms with Crippen LogP contribution in [0.15, 0.2) is 66.6 Å². The molecule has 0 radical (unpaired) electrons. The fourth-order valence-corrected chi connectivity index (χ4v) is 27.2. The molecule has 0 fully saturated rings. The summed E-state index contributed by atoms with van der Waals surface area (Å²) in [6, 6.07) is 16.4. The molecule has 0 saturated heterocycles. The monoisotopic (exact) mass is 940 g/mol. The molecule has 0 bridgehead atoms. The fraction of sp³-hybridized carbons (Fsp3) is 0.400. The number of hydrogen-bond donors (Lipinski definition) is 0. The summed E-state index contributed by atoms with van der Waals surface area (Å²) < 4.78 is 41.4. The Hall–Kier alpha value is -5.40. The Morgan fingerprint density at radius 3 is 0.406 bits per heavy atom. The van der Waals surface area contributed by atoms with Crippen LogP contribution in [0.25, 0.3) is 0 Å². The molecule has 8 aromatic rings. The minimum absolute atomic E-state index is 0.786. The number of aromatic nitrogens is 16. The second-order valence-corrected chi connectivity index (χ2v) is 27.2. The van der Waals surface area contributed by atoms with Crippen LogP contribution in [0.5, 0.6) is 0 Å². The summed E-state index contributed by atoms with van der Waals surface area (Å²) in [5.74, 6) is 0. The van der Waals surface area contributed by atoms with Gasteiger partial charge in [-0.05, 0) is 159 Å². The summed E-state index contributed by atoms with van der Waals surface area (Å²) >= 11 is 0. The molecular formula is C40H56N20P4. The number of aryl methyl sites for hydroxylation is 16. The Bertz CT molecular complexity index is 2760. The molecule has 1 aliphatic rings. The maximum Gasteiger partial charge on any atom is 0.314 e. The number of rotatable bonds is 8. The topological polar surface area (TPSA) is 192 Å². The van der Waals surface area contributed by atoms with Gasteiger partial charge in [-0.25, -0.2) is 0 Å². The Morgan fingerprint density at radius 2 is 0.328 bits per heavy atom. The first-order chi connectivity index (χ1) is 30.1. The highest BCUT2D eigenvalue weighted by Gasteiger charge is 2.50. The van der Waals surface area contributed by atoms with E-state index in [0.717, 1.165) is 91.1 Å². The largest absolute Gasteiger partial charge is 0.314 e. The molecule has 0 saturated carbocycles. The van der Waals surface area contributed by atoms with Gasteiger partial charge in [0.25, 0.3) is 0 Å². The molecule has 0 amide bonds. The highest BCUT2D eigenvalue weighted by atomic mass is 31.3. The quantitative estimate of drug-likeness (QED) is 0.134. The van der Waals surface area contributed by atoms with Gasteiger partial charge in [-0.1, -0.05) is 0 Å². The van der Waals surface area contributed by atoms with E-state index in [1.54, 1.807) is 0 Å². The molecular weight excluding hydrogens is 884 g/mol. The van der Waals surface area contributed by atoms with Crippen LogP contribution in [0.2, 0.25) is 0 Å². The van der Waals surface area contributed by atoms with E-state index in [0.29, 0.717) is 0 Å².